The zero-order valence-corrected chi connectivity index (χ0v) is 28.3. The summed E-state index contributed by atoms with van der Waals surface area (Å²) < 4.78 is 6.65. The highest BCUT2D eigenvalue weighted by Crippen LogP contribution is 2.34. The van der Waals surface area contributed by atoms with Crippen LogP contribution in [0.5, 0.6) is 0 Å². The number of halogens is 1. The Bertz CT molecular complexity index is 1670. The minimum absolute atomic E-state index is 0.181. The number of hydrogen-bond acceptors (Lipinski definition) is 7. The SMILES string of the molecule is CCCCCCOC(=O)n1nc(NC(=O)c2ccc(CN3CCCCC3)cc2)c2cc(C(=O)NC(C)(C)c3ccccc3Cl)sc21. The van der Waals surface area contributed by atoms with Gasteiger partial charge in [0.15, 0.2) is 5.82 Å². The van der Waals surface area contributed by atoms with Crippen LogP contribution >= 0.6 is 22.9 Å². The van der Waals surface area contributed by atoms with Crippen molar-refractivity contribution in [3.05, 3.63) is 81.2 Å². The first-order chi connectivity index (χ1) is 22.2. The molecule has 0 radical (unpaired) electrons. The highest BCUT2D eigenvalue weighted by atomic mass is 35.5. The largest absolute Gasteiger partial charge is 0.448 e. The molecule has 4 aromatic rings. The second-order valence-corrected chi connectivity index (χ2v) is 13.7. The van der Waals surface area contributed by atoms with Gasteiger partial charge in [-0.25, -0.2) is 4.79 Å². The molecule has 1 fully saturated rings. The number of likely N-dealkylation sites (tertiary alicyclic amines) is 1. The number of nitrogens with one attached hydrogen (secondary N) is 2. The number of hydrogen-bond donors (Lipinski definition) is 2. The first-order valence-corrected chi connectivity index (χ1v) is 17.3. The number of piperidine rings is 1. The maximum absolute atomic E-state index is 13.5. The average molecular weight is 664 g/mol. The van der Waals surface area contributed by atoms with E-state index in [0.29, 0.717) is 25.7 Å². The molecule has 2 aromatic carbocycles. The number of carbonyl (C=O) groups is 3. The van der Waals surface area contributed by atoms with Gasteiger partial charge >= 0.3 is 6.09 Å². The van der Waals surface area contributed by atoms with E-state index < -0.39 is 11.6 Å². The van der Waals surface area contributed by atoms with E-state index in [4.69, 9.17) is 16.3 Å². The molecule has 0 saturated carbocycles. The maximum atomic E-state index is 13.5. The third-order valence-electron chi connectivity index (χ3n) is 8.26. The lowest BCUT2D eigenvalue weighted by atomic mass is 9.94. The number of ether oxygens (including phenoxy) is 1. The summed E-state index contributed by atoms with van der Waals surface area (Å²) in [5, 5.41) is 11.4. The Morgan fingerprint density at radius 1 is 0.978 bits per heavy atom. The number of benzene rings is 2. The topological polar surface area (TPSA) is 106 Å². The van der Waals surface area contributed by atoms with E-state index in [2.05, 4.69) is 27.6 Å². The van der Waals surface area contributed by atoms with Gasteiger partial charge in [0.1, 0.15) is 4.83 Å². The van der Waals surface area contributed by atoms with Crippen molar-refractivity contribution in [2.75, 3.05) is 25.0 Å². The normalized spacial score (nSPS) is 13.9. The fourth-order valence-corrected chi connectivity index (χ4v) is 7.05. The molecule has 2 aromatic heterocycles. The number of aromatic nitrogens is 2. The minimum atomic E-state index is -0.772. The Morgan fingerprint density at radius 2 is 1.72 bits per heavy atom. The second kappa shape index (κ2) is 15.2. The smallest absolute Gasteiger partial charge is 0.436 e. The van der Waals surface area contributed by atoms with Gasteiger partial charge in [0.05, 0.1) is 22.4 Å². The van der Waals surface area contributed by atoms with Crippen LogP contribution in [-0.2, 0) is 16.8 Å². The van der Waals surface area contributed by atoms with Crippen LogP contribution in [0.2, 0.25) is 5.02 Å². The summed E-state index contributed by atoms with van der Waals surface area (Å²) in [5.41, 5.74) is 1.63. The van der Waals surface area contributed by atoms with Gasteiger partial charge in [0, 0.05) is 17.1 Å². The summed E-state index contributed by atoms with van der Waals surface area (Å²) in [7, 11) is 0. The summed E-state index contributed by atoms with van der Waals surface area (Å²) in [6, 6.07) is 16.6. The van der Waals surface area contributed by atoms with E-state index in [1.807, 2.05) is 44.2 Å². The Kier molecular flexibility index (Phi) is 11.1. The van der Waals surface area contributed by atoms with Gasteiger partial charge in [0.25, 0.3) is 11.8 Å². The van der Waals surface area contributed by atoms with Crippen LogP contribution in [0.4, 0.5) is 10.6 Å². The van der Waals surface area contributed by atoms with Crippen molar-refractivity contribution in [3.8, 4) is 0 Å². The quantitative estimate of drug-likeness (QED) is 0.148. The van der Waals surface area contributed by atoms with Gasteiger partial charge in [-0.2, -0.15) is 4.68 Å². The summed E-state index contributed by atoms with van der Waals surface area (Å²) in [5.74, 6) is -0.519. The van der Waals surface area contributed by atoms with E-state index in [0.717, 1.165) is 72.5 Å². The van der Waals surface area contributed by atoms with Gasteiger partial charge in [-0.05, 0) is 81.6 Å². The molecule has 11 heteroatoms. The molecular weight excluding hydrogens is 622 g/mol. The zero-order chi connectivity index (χ0) is 32.7. The summed E-state index contributed by atoms with van der Waals surface area (Å²) in [6.45, 7) is 9.19. The van der Waals surface area contributed by atoms with Crippen LogP contribution in [-0.4, -0.2) is 52.3 Å². The minimum Gasteiger partial charge on any atom is -0.448 e. The molecule has 1 aliphatic rings. The average Bonchev–Trinajstić information content (AvgIpc) is 3.62. The van der Waals surface area contributed by atoms with Crippen LogP contribution in [0.25, 0.3) is 10.2 Å². The van der Waals surface area contributed by atoms with Crippen molar-refractivity contribution in [2.24, 2.45) is 0 Å². The molecule has 1 aliphatic heterocycles. The Morgan fingerprint density at radius 3 is 2.43 bits per heavy atom. The maximum Gasteiger partial charge on any atom is 0.436 e. The third kappa shape index (κ3) is 8.15. The third-order valence-corrected chi connectivity index (χ3v) is 9.70. The van der Waals surface area contributed by atoms with Crippen molar-refractivity contribution >= 4 is 56.9 Å². The Hall–Kier alpha value is -3.73. The monoisotopic (exact) mass is 663 g/mol. The Labute approximate surface area is 279 Å². The molecule has 9 nitrogen and oxygen atoms in total. The predicted molar refractivity (Wildman–Crippen MR) is 184 cm³/mol. The predicted octanol–water partition coefficient (Wildman–Crippen LogP) is 8.22. The summed E-state index contributed by atoms with van der Waals surface area (Å²) in [6.07, 6.45) is 6.91. The van der Waals surface area contributed by atoms with Crippen LogP contribution < -0.4 is 10.6 Å². The van der Waals surface area contributed by atoms with E-state index in [1.165, 1.54) is 19.3 Å². The van der Waals surface area contributed by atoms with Crippen LogP contribution in [0, 0.1) is 0 Å². The van der Waals surface area contributed by atoms with E-state index in [-0.39, 0.29) is 24.2 Å². The molecule has 244 valence electrons. The van der Waals surface area contributed by atoms with Gasteiger partial charge in [0.2, 0.25) is 0 Å². The van der Waals surface area contributed by atoms with E-state index >= 15 is 0 Å². The molecule has 3 heterocycles. The van der Waals surface area contributed by atoms with Gasteiger partial charge < -0.3 is 15.4 Å². The first-order valence-electron chi connectivity index (χ1n) is 16.1. The highest BCUT2D eigenvalue weighted by Gasteiger charge is 2.28. The molecule has 0 aliphatic carbocycles. The fraction of sp³-hybridized carbons (Fsp3) is 0.429. The molecular formula is C35H42ClN5O4S. The molecule has 0 atom stereocenters. The van der Waals surface area contributed by atoms with Crippen molar-refractivity contribution in [2.45, 2.75) is 77.8 Å². The van der Waals surface area contributed by atoms with Gasteiger partial charge in [-0.15, -0.1) is 16.4 Å². The zero-order valence-electron chi connectivity index (χ0n) is 26.7. The lowest BCUT2D eigenvalue weighted by molar-refractivity contribution is 0.0915. The van der Waals surface area contributed by atoms with Gasteiger partial charge in [-0.1, -0.05) is 74.5 Å². The van der Waals surface area contributed by atoms with Crippen molar-refractivity contribution in [1.82, 2.24) is 20.0 Å². The van der Waals surface area contributed by atoms with Crippen molar-refractivity contribution in [1.29, 1.82) is 0 Å². The molecule has 2 N–H and O–H groups in total. The Balaban J connectivity index is 1.37. The number of nitrogens with zero attached hydrogens (tertiary/aromatic N) is 3. The van der Waals surface area contributed by atoms with Gasteiger partial charge in [-0.3, -0.25) is 14.5 Å². The van der Waals surface area contributed by atoms with Crippen LogP contribution in [0.3, 0.4) is 0 Å². The summed E-state index contributed by atoms with van der Waals surface area (Å²) in [4.78, 5) is 43.2. The number of anilines is 1. The highest BCUT2D eigenvalue weighted by molar-refractivity contribution is 7.20. The standard InChI is InChI=1S/C35H42ClN5O4S/c1-4-5-6-12-21-45-34(44)41-33-26(22-29(46-33)32(43)38-35(2,3)27-13-8-9-14-28(27)36)30(39-41)37-31(42)25-17-15-24(16-18-25)23-40-19-10-7-11-20-40/h8-9,13-18,22H,4-7,10-12,19-21,23H2,1-3H3,(H,38,43)(H,37,39,42). The van der Waals surface area contributed by atoms with Crippen LogP contribution in [0.1, 0.15) is 96.9 Å². The molecule has 0 bridgehead atoms. The number of thiophene rings is 1. The fourth-order valence-electron chi connectivity index (χ4n) is 5.68. The van der Waals surface area contributed by atoms with E-state index in [1.54, 1.807) is 24.3 Å². The number of carbonyl (C=O) groups excluding carboxylic acids is 3. The number of rotatable bonds is 12. The number of unbranched alkanes of at least 4 members (excludes halogenated alkanes) is 3. The molecule has 0 spiro atoms. The lowest BCUT2D eigenvalue weighted by Gasteiger charge is -2.27. The first kappa shape index (κ1) is 33.6. The molecule has 1 saturated heterocycles. The van der Waals surface area contributed by atoms with E-state index in [9.17, 15) is 14.4 Å². The van der Waals surface area contributed by atoms with Crippen molar-refractivity contribution < 1.29 is 19.1 Å². The molecule has 2 amide bonds. The molecule has 5 rings (SSSR count). The second-order valence-electron chi connectivity index (χ2n) is 12.3. The number of fused-ring (bicyclic) bond motifs is 1. The lowest BCUT2D eigenvalue weighted by Crippen LogP contribution is -2.40. The van der Waals surface area contributed by atoms with Crippen LogP contribution in [0.15, 0.2) is 54.6 Å². The van der Waals surface area contributed by atoms with Crippen molar-refractivity contribution in [3.63, 3.8) is 0 Å². The summed E-state index contributed by atoms with van der Waals surface area (Å²) >= 11 is 7.54. The molecule has 46 heavy (non-hydrogen) atoms. The molecule has 0 unspecified atom stereocenters. The number of amides is 2.